The van der Waals surface area contributed by atoms with Gasteiger partial charge in [-0.3, -0.25) is 5.14 Å². The van der Waals surface area contributed by atoms with E-state index < -0.39 is 44.8 Å². The Balaban J connectivity index is 1.55. The Bertz CT molecular complexity index is 1840. The maximum Gasteiger partial charge on any atom is 0.416 e. The van der Waals surface area contributed by atoms with Crippen LogP contribution in [-0.2, 0) is 15.9 Å². The molecule has 0 radical (unpaired) electrons. The topological polar surface area (TPSA) is 134 Å². The van der Waals surface area contributed by atoms with E-state index in [1.807, 2.05) is 5.32 Å². The molecule has 6 N–H and O–H groups in total. The normalized spacial score (nSPS) is 12.5. The molecule has 1 aromatic heterocycles. The molecule has 1 unspecified atom stereocenters. The number of nitrogens with zero attached hydrogens (tertiary/aromatic N) is 2. The van der Waals surface area contributed by atoms with Crippen LogP contribution in [0.2, 0.25) is 0 Å². The molecule has 4 rings (SSSR count). The van der Waals surface area contributed by atoms with E-state index in [1.54, 1.807) is 18.2 Å². The number of anilines is 5. The van der Waals surface area contributed by atoms with Crippen LogP contribution in [-0.4, -0.2) is 32.6 Å². The number of hydrogen-bond acceptors (Lipinski definition) is 6. The zero-order valence-electron chi connectivity index (χ0n) is 21.9. The maximum atomic E-state index is 15.0. The first kappa shape index (κ1) is 30.8. The predicted molar refractivity (Wildman–Crippen MR) is 156 cm³/mol. The number of aromatic nitrogens is 2. The third-order valence-corrected chi connectivity index (χ3v) is 6.76. The first-order valence-electron chi connectivity index (χ1n) is 12.1. The Morgan fingerprint density at radius 1 is 1.02 bits per heavy atom. The Hall–Kier alpha value is -5.20. The van der Waals surface area contributed by atoms with Crippen LogP contribution in [0.25, 0.3) is 11.1 Å². The Labute approximate surface area is 242 Å². The molecule has 2 amide bonds. The lowest BCUT2D eigenvalue weighted by Crippen LogP contribution is -2.21. The standard InChI is InChI=1S/C28H22F5N7O2S/c1-3-11-35-25-20(15-36-26(40-25)37-18-5-4-6-19(14-18)43(2,34)42)16-7-10-23(22(30)12-16)38-27(41)39-24-13-17(28(31,32)33)8-9-21(24)29/h1,4-10,12-15H,2,11H2,(H2,34,42)(H2,38,39,41)(H2,35,36,37,40). The van der Waals surface area contributed by atoms with E-state index in [9.17, 15) is 26.6 Å². The van der Waals surface area contributed by atoms with Gasteiger partial charge in [-0.1, -0.05) is 18.1 Å². The molecule has 0 saturated carbocycles. The van der Waals surface area contributed by atoms with E-state index in [-0.39, 0.29) is 29.6 Å². The van der Waals surface area contributed by atoms with Crippen LogP contribution < -0.4 is 26.4 Å². The van der Waals surface area contributed by atoms with Crippen LogP contribution in [0.1, 0.15) is 5.56 Å². The number of urea groups is 1. The number of alkyl halides is 3. The highest BCUT2D eigenvalue weighted by molar-refractivity contribution is 7.98. The number of nitrogens with two attached hydrogens (primary N) is 1. The molecule has 15 heteroatoms. The van der Waals surface area contributed by atoms with Crippen LogP contribution >= 0.6 is 0 Å². The number of carbonyl (C=O) groups is 1. The molecule has 9 nitrogen and oxygen atoms in total. The first-order chi connectivity index (χ1) is 20.2. The molecule has 3 aromatic carbocycles. The van der Waals surface area contributed by atoms with Crippen molar-refractivity contribution < 1.29 is 31.0 Å². The second-order valence-electron chi connectivity index (χ2n) is 8.86. The molecule has 4 aromatic rings. The minimum Gasteiger partial charge on any atom is -0.358 e. The van der Waals surface area contributed by atoms with Gasteiger partial charge in [-0.15, -0.1) is 6.42 Å². The third kappa shape index (κ3) is 7.76. The van der Waals surface area contributed by atoms with Gasteiger partial charge in [0.05, 0.1) is 33.2 Å². The third-order valence-electron chi connectivity index (χ3n) is 5.71. The molecule has 0 aliphatic heterocycles. The number of amides is 2. The molecular formula is C28H22F5N7O2S. The summed E-state index contributed by atoms with van der Waals surface area (Å²) >= 11 is 0. The molecule has 43 heavy (non-hydrogen) atoms. The second kappa shape index (κ2) is 12.3. The van der Waals surface area contributed by atoms with Crippen LogP contribution in [0.15, 0.2) is 71.8 Å². The highest BCUT2D eigenvalue weighted by Gasteiger charge is 2.31. The summed E-state index contributed by atoms with van der Waals surface area (Å²) in [4.78, 5) is 21.3. The monoisotopic (exact) mass is 615 g/mol. The zero-order valence-corrected chi connectivity index (χ0v) is 22.7. The number of terminal acetylenes is 1. The summed E-state index contributed by atoms with van der Waals surface area (Å²) in [6.07, 6.45) is 1.99. The van der Waals surface area contributed by atoms with E-state index >= 15 is 4.39 Å². The van der Waals surface area contributed by atoms with Crippen molar-refractivity contribution in [3.8, 4) is 23.5 Å². The van der Waals surface area contributed by atoms with Gasteiger partial charge in [-0.2, -0.15) is 18.2 Å². The Morgan fingerprint density at radius 3 is 2.44 bits per heavy atom. The molecule has 1 atom stereocenters. The fourth-order valence-electron chi connectivity index (χ4n) is 3.70. The zero-order chi connectivity index (χ0) is 31.4. The van der Waals surface area contributed by atoms with Gasteiger partial charge < -0.3 is 21.3 Å². The van der Waals surface area contributed by atoms with Gasteiger partial charge in [0.1, 0.15) is 17.5 Å². The van der Waals surface area contributed by atoms with E-state index in [4.69, 9.17) is 11.6 Å². The molecule has 0 fully saturated rings. The number of benzene rings is 3. The molecule has 0 aliphatic rings. The number of nitrogens with one attached hydrogen (secondary N) is 4. The number of hydrogen-bond donors (Lipinski definition) is 5. The lowest BCUT2D eigenvalue weighted by Gasteiger charge is -2.14. The van der Waals surface area contributed by atoms with Gasteiger partial charge in [0, 0.05) is 22.3 Å². The summed E-state index contributed by atoms with van der Waals surface area (Å²) in [6, 6.07) is 10.4. The molecule has 222 valence electrons. The number of halogens is 5. The van der Waals surface area contributed by atoms with Gasteiger partial charge in [0.2, 0.25) is 5.95 Å². The predicted octanol–water partition coefficient (Wildman–Crippen LogP) is 5.82. The summed E-state index contributed by atoms with van der Waals surface area (Å²) in [7, 11) is -2.96. The molecular weight excluding hydrogens is 593 g/mol. The van der Waals surface area contributed by atoms with Crippen LogP contribution in [0, 0.1) is 24.0 Å². The molecule has 0 saturated heterocycles. The van der Waals surface area contributed by atoms with Gasteiger partial charge >= 0.3 is 12.2 Å². The maximum absolute atomic E-state index is 15.0. The smallest absolute Gasteiger partial charge is 0.358 e. The van der Waals surface area contributed by atoms with Crippen molar-refractivity contribution in [2.75, 3.05) is 27.8 Å². The SMILES string of the molecule is C#CCNc1nc(Nc2cccc(S(=C)(N)=O)c2)ncc1-c1ccc(NC(=O)Nc2cc(C(F)(F)F)ccc2F)c(F)c1. The number of carbonyl (C=O) groups excluding carboxylic acids is 1. The average molecular weight is 616 g/mol. The highest BCUT2D eigenvalue weighted by atomic mass is 32.2. The van der Waals surface area contributed by atoms with E-state index in [2.05, 4.69) is 37.7 Å². The molecule has 0 aliphatic carbocycles. The summed E-state index contributed by atoms with van der Waals surface area (Å²) < 4.78 is 79.9. The van der Waals surface area contributed by atoms with Gasteiger partial charge in [0.25, 0.3) is 0 Å². The van der Waals surface area contributed by atoms with Crippen molar-refractivity contribution in [2.45, 2.75) is 11.1 Å². The molecule has 0 bridgehead atoms. The Morgan fingerprint density at radius 2 is 1.77 bits per heavy atom. The fraction of sp³-hybridized carbons (Fsp3) is 0.0714. The minimum absolute atomic E-state index is 0.0596. The lowest BCUT2D eigenvalue weighted by atomic mass is 10.1. The minimum atomic E-state index is -4.76. The molecule has 0 spiro atoms. The number of rotatable bonds is 8. The van der Waals surface area contributed by atoms with Crippen LogP contribution in [0.5, 0.6) is 0 Å². The fourth-order valence-corrected chi connectivity index (χ4v) is 4.33. The van der Waals surface area contributed by atoms with E-state index in [1.165, 1.54) is 24.4 Å². The van der Waals surface area contributed by atoms with Crippen LogP contribution in [0.3, 0.4) is 0 Å². The van der Waals surface area contributed by atoms with Crippen molar-refractivity contribution in [3.63, 3.8) is 0 Å². The quantitative estimate of drug-likeness (QED) is 0.0964. The average Bonchev–Trinajstić information content (AvgIpc) is 2.93. The van der Waals surface area contributed by atoms with Crippen molar-refractivity contribution in [2.24, 2.45) is 5.14 Å². The summed E-state index contributed by atoms with van der Waals surface area (Å²) in [5.41, 5.74) is -1.18. The largest absolute Gasteiger partial charge is 0.416 e. The second-order valence-corrected chi connectivity index (χ2v) is 10.8. The van der Waals surface area contributed by atoms with Crippen molar-refractivity contribution in [1.29, 1.82) is 0 Å². The summed E-state index contributed by atoms with van der Waals surface area (Å²) in [5, 5.41) is 15.6. The van der Waals surface area contributed by atoms with E-state index in [0.717, 1.165) is 6.07 Å². The van der Waals surface area contributed by atoms with E-state index in [0.29, 0.717) is 34.3 Å². The Kier molecular flexibility index (Phi) is 8.83. The van der Waals surface area contributed by atoms with Crippen molar-refractivity contribution in [1.82, 2.24) is 9.97 Å². The summed E-state index contributed by atoms with van der Waals surface area (Å²) in [6.45, 7) is 0.0596. The molecule has 1 heterocycles. The van der Waals surface area contributed by atoms with Gasteiger partial charge in [-0.05, 0) is 60.0 Å². The first-order valence-corrected chi connectivity index (χ1v) is 13.8. The van der Waals surface area contributed by atoms with Gasteiger partial charge in [0.15, 0.2) is 0 Å². The lowest BCUT2D eigenvalue weighted by molar-refractivity contribution is -0.137. The van der Waals surface area contributed by atoms with Gasteiger partial charge in [-0.25, -0.2) is 22.8 Å². The highest BCUT2D eigenvalue weighted by Crippen LogP contribution is 2.33. The van der Waals surface area contributed by atoms with Crippen molar-refractivity contribution in [3.05, 3.63) is 84.1 Å². The van der Waals surface area contributed by atoms with Crippen LogP contribution in [0.4, 0.5) is 55.6 Å². The summed E-state index contributed by atoms with van der Waals surface area (Å²) in [5.74, 6) is 4.17. The van der Waals surface area contributed by atoms with Crippen molar-refractivity contribution >= 4 is 50.4 Å².